The maximum absolute atomic E-state index is 12.2. The number of rotatable bonds is 9. The number of allylic oxidation sites excluding steroid dienone is 2. The van der Waals surface area contributed by atoms with Crippen LogP contribution in [0.2, 0.25) is 0 Å². The average molecular weight is 398 g/mol. The number of Topliss-reactive ketones (excluding diaryl/α,β-unsaturated/α-hetero) is 1. The highest BCUT2D eigenvalue weighted by molar-refractivity contribution is 5.84. The van der Waals surface area contributed by atoms with Crippen LogP contribution in [0.25, 0.3) is 11.0 Å². The van der Waals surface area contributed by atoms with Crippen molar-refractivity contribution in [2.75, 3.05) is 0 Å². The first-order valence-corrected chi connectivity index (χ1v) is 9.84. The van der Waals surface area contributed by atoms with Crippen molar-refractivity contribution in [3.63, 3.8) is 0 Å². The number of H-pyrrole nitrogens is 1. The van der Waals surface area contributed by atoms with Crippen LogP contribution < -0.4 is 0 Å². The number of carboxylic acid groups (broad SMARTS) is 1. The van der Waals surface area contributed by atoms with Crippen LogP contribution >= 0.6 is 0 Å². The van der Waals surface area contributed by atoms with Gasteiger partial charge in [-0.05, 0) is 31.4 Å². The number of hydrogen-bond donors (Lipinski definition) is 4. The largest absolute Gasteiger partial charge is 0.481 e. The zero-order valence-corrected chi connectivity index (χ0v) is 16.1. The SMILES string of the molecule is O=C(O)CCCC=CC[C@H]1C(=O)C[C@@H](O)[C@@H]1C=C[C@@H](O)c1nc2ccccc2[nH]1. The molecule has 154 valence electrons. The first-order chi connectivity index (χ1) is 14.0. The van der Waals surface area contributed by atoms with Crippen molar-refractivity contribution in [1.29, 1.82) is 0 Å². The van der Waals surface area contributed by atoms with Crippen molar-refractivity contribution in [3.8, 4) is 0 Å². The van der Waals surface area contributed by atoms with Crippen molar-refractivity contribution < 1.29 is 24.9 Å². The summed E-state index contributed by atoms with van der Waals surface area (Å²) in [6.07, 6.45) is 7.20. The van der Waals surface area contributed by atoms with Gasteiger partial charge in [-0.2, -0.15) is 0 Å². The van der Waals surface area contributed by atoms with E-state index in [0.717, 1.165) is 11.0 Å². The van der Waals surface area contributed by atoms with Crippen molar-refractivity contribution in [1.82, 2.24) is 9.97 Å². The Hall–Kier alpha value is -2.77. The Morgan fingerprint density at radius 1 is 1.31 bits per heavy atom. The molecule has 4 atom stereocenters. The number of imidazole rings is 1. The van der Waals surface area contributed by atoms with E-state index < -0.39 is 18.2 Å². The molecule has 7 nitrogen and oxygen atoms in total. The van der Waals surface area contributed by atoms with E-state index in [-0.39, 0.29) is 30.5 Å². The number of aromatic amines is 1. The van der Waals surface area contributed by atoms with Gasteiger partial charge in [-0.1, -0.05) is 36.4 Å². The second-order valence-electron chi connectivity index (χ2n) is 7.38. The molecule has 1 fully saturated rings. The molecule has 3 rings (SSSR count). The second kappa shape index (κ2) is 9.62. The lowest BCUT2D eigenvalue weighted by atomic mass is 9.90. The number of aromatic nitrogens is 2. The number of nitrogens with zero attached hydrogens (tertiary/aromatic N) is 1. The summed E-state index contributed by atoms with van der Waals surface area (Å²) in [7, 11) is 0. The summed E-state index contributed by atoms with van der Waals surface area (Å²) in [4.78, 5) is 30.2. The van der Waals surface area contributed by atoms with Crippen molar-refractivity contribution >= 4 is 22.8 Å². The Kier molecular flexibility index (Phi) is 6.95. The van der Waals surface area contributed by atoms with Gasteiger partial charge in [-0.15, -0.1) is 0 Å². The Balaban J connectivity index is 1.61. The number of fused-ring (bicyclic) bond motifs is 1. The molecular formula is C22H26N2O5. The van der Waals surface area contributed by atoms with E-state index in [0.29, 0.717) is 25.1 Å². The van der Waals surface area contributed by atoms with Gasteiger partial charge < -0.3 is 20.3 Å². The molecule has 0 radical (unpaired) electrons. The molecule has 2 aromatic rings. The Bertz CT molecular complexity index is 884. The molecule has 1 aliphatic rings. The van der Waals surface area contributed by atoms with Gasteiger partial charge in [0.1, 0.15) is 17.7 Å². The molecular weight excluding hydrogens is 372 g/mol. The standard InChI is InChI=1S/C22H26N2O5/c25-18(22-23-16-8-5-6-9-17(16)24-22)12-11-15-14(19(26)13-20(15)27)7-3-1-2-4-10-21(28)29/h1,3,5-6,8-9,11-12,14-15,18,20,25,27H,2,4,7,10,13H2,(H,23,24)(H,28,29)/t14-,15-,18-,20-/m1/s1. The molecule has 0 bridgehead atoms. The summed E-state index contributed by atoms with van der Waals surface area (Å²) >= 11 is 0. The van der Waals surface area contributed by atoms with Crippen LogP contribution in [0, 0.1) is 11.8 Å². The number of nitrogens with one attached hydrogen (secondary N) is 1. The monoisotopic (exact) mass is 398 g/mol. The van der Waals surface area contributed by atoms with Gasteiger partial charge in [0.2, 0.25) is 0 Å². The van der Waals surface area contributed by atoms with Crippen molar-refractivity contribution in [2.24, 2.45) is 11.8 Å². The highest BCUT2D eigenvalue weighted by Gasteiger charge is 2.39. The summed E-state index contributed by atoms with van der Waals surface area (Å²) in [6, 6.07) is 7.48. The summed E-state index contributed by atoms with van der Waals surface area (Å²) < 4.78 is 0. The number of ketones is 1. The lowest BCUT2D eigenvalue weighted by Crippen LogP contribution is -2.18. The third-order valence-corrected chi connectivity index (χ3v) is 5.25. The maximum Gasteiger partial charge on any atom is 0.303 e. The Morgan fingerprint density at radius 3 is 2.86 bits per heavy atom. The number of carboxylic acids is 1. The molecule has 0 unspecified atom stereocenters. The number of unbranched alkanes of at least 4 members (excludes halogenated alkanes) is 1. The van der Waals surface area contributed by atoms with Gasteiger partial charge in [0.15, 0.2) is 0 Å². The van der Waals surface area contributed by atoms with Crippen molar-refractivity contribution in [3.05, 3.63) is 54.4 Å². The molecule has 1 aromatic carbocycles. The van der Waals surface area contributed by atoms with Gasteiger partial charge in [0.05, 0.1) is 17.1 Å². The Labute approximate surface area is 168 Å². The number of para-hydroxylation sites is 2. The van der Waals surface area contributed by atoms with Crippen LogP contribution in [0.3, 0.4) is 0 Å². The first-order valence-electron chi connectivity index (χ1n) is 9.84. The van der Waals surface area contributed by atoms with Gasteiger partial charge in [-0.25, -0.2) is 4.98 Å². The van der Waals surface area contributed by atoms with Crippen LogP contribution in [0.4, 0.5) is 0 Å². The second-order valence-corrected chi connectivity index (χ2v) is 7.38. The van der Waals surface area contributed by atoms with Crippen LogP contribution in [-0.2, 0) is 9.59 Å². The van der Waals surface area contributed by atoms with E-state index in [1.165, 1.54) is 0 Å². The fourth-order valence-electron chi connectivity index (χ4n) is 3.70. The minimum atomic E-state index is -0.961. The average Bonchev–Trinajstić information content (AvgIpc) is 3.23. The maximum atomic E-state index is 12.2. The molecule has 0 spiro atoms. The van der Waals surface area contributed by atoms with E-state index in [1.807, 2.05) is 36.4 Å². The molecule has 4 N–H and O–H groups in total. The number of aliphatic carboxylic acids is 1. The van der Waals surface area contributed by atoms with Gasteiger partial charge >= 0.3 is 5.97 Å². The minimum Gasteiger partial charge on any atom is -0.481 e. The van der Waals surface area contributed by atoms with Gasteiger partial charge in [-0.3, -0.25) is 9.59 Å². The summed E-state index contributed by atoms with van der Waals surface area (Å²) in [5.74, 6) is -1.12. The fraction of sp³-hybridized carbons (Fsp3) is 0.409. The molecule has 1 aromatic heterocycles. The Morgan fingerprint density at radius 2 is 2.10 bits per heavy atom. The van der Waals surface area contributed by atoms with Crippen LogP contribution in [0.15, 0.2) is 48.6 Å². The normalized spacial score (nSPS) is 23.5. The minimum absolute atomic E-state index is 0.000521. The number of aliphatic hydroxyl groups excluding tert-OH is 2. The summed E-state index contributed by atoms with van der Waals surface area (Å²) in [6.45, 7) is 0. The van der Waals surface area contributed by atoms with Crippen LogP contribution in [0.1, 0.15) is 44.0 Å². The molecule has 0 saturated heterocycles. The zero-order valence-electron chi connectivity index (χ0n) is 16.1. The summed E-state index contributed by atoms with van der Waals surface area (Å²) in [5, 5.41) is 29.3. The quantitative estimate of drug-likeness (QED) is 0.380. The number of carbonyl (C=O) groups is 2. The van der Waals surface area contributed by atoms with Crippen LogP contribution in [-0.4, -0.2) is 43.1 Å². The molecule has 7 heteroatoms. The van der Waals surface area contributed by atoms with Crippen LogP contribution in [0.5, 0.6) is 0 Å². The predicted molar refractivity (Wildman–Crippen MR) is 108 cm³/mol. The fourth-order valence-corrected chi connectivity index (χ4v) is 3.70. The molecule has 1 heterocycles. The molecule has 1 saturated carbocycles. The topological polar surface area (TPSA) is 124 Å². The first kappa shape index (κ1) is 21.0. The van der Waals surface area contributed by atoms with E-state index >= 15 is 0 Å². The lowest BCUT2D eigenvalue weighted by molar-refractivity contribution is -0.137. The number of carbonyl (C=O) groups excluding carboxylic acids is 1. The molecule has 1 aliphatic carbocycles. The lowest BCUT2D eigenvalue weighted by Gasteiger charge is -2.16. The van der Waals surface area contributed by atoms with Gasteiger partial charge in [0.25, 0.3) is 0 Å². The summed E-state index contributed by atoms with van der Waals surface area (Å²) in [5.41, 5.74) is 1.59. The molecule has 0 amide bonds. The number of aliphatic hydroxyl groups is 2. The van der Waals surface area contributed by atoms with Gasteiger partial charge in [0, 0.05) is 24.7 Å². The van der Waals surface area contributed by atoms with Crippen molar-refractivity contribution in [2.45, 2.75) is 44.3 Å². The highest BCUT2D eigenvalue weighted by atomic mass is 16.4. The number of benzene rings is 1. The molecule has 29 heavy (non-hydrogen) atoms. The molecule has 0 aliphatic heterocycles. The van der Waals surface area contributed by atoms with E-state index in [4.69, 9.17) is 5.11 Å². The predicted octanol–water partition coefficient (Wildman–Crippen LogP) is 2.92. The van der Waals surface area contributed by atoms with E-state index in [2.05, 4.69) is 9.97 Å². The third kappa shape index (κ3) is 5.40. The third-order valence-electron chi connectivity index (χ3n) is 5.25. The van der Waals surface area contributed by atoms with E-state index in [1.54, 1.807) is 12.2 Å². The number of hydrogen-bond acceptors (Lipinski definition) is 5. The van der Waals surface area contributed by atoms with E-state index in [9.17, 15) is 19.8 Å². The highest BCUT2D eigenvalue weighted by Crippen LogP contribution is 2.34. The smallest absolute Gasteiger partial charge is 0.303 e. The zero-order chi connectivity index (χ0) is 20.8.